The van der Waals surface area contributed by atoms with Gasteiger partial charge in [0.05, 0.1) is 11.0 Å². The molecule has 0 spiro atoms. The molecule has 0 fully saturated rings. The van der Waals surface area contributed by atoms with E-state index in [4.69, 9.17) is 0 Å². The molecule has 0 atom stereocenters. The van der Waals surface area contributed by atoms with E-state index < -0.39 is 10.7 Å². The summed E-state index contributed by atoms with van der Waals surface area (Å²) in [6.07, 6.45) is 0.892. The summed E-state index contributed by atoms with van der Waals surface area (Å²) < 4.78 is 13.1. The van der Waals surface area contributed by atoms with Gasteiger partial charge >= 0.3 is 0 Å². The van der Waals surface area contributed by atoms with Crippen LogP contribution in [0.2, 0.25) is 0 Å². The summed E-state index contributed by atoms with van der Waals surface area (Å²) in [5.74, 6) is -0.615. The van der Waals surface area contributed by atoms with Crippen LogP contribution in [0.15, 0.2) is 42.5 Å². The Hall–Kier alpha value is -2.43. The monoisotopic (exact) mass is 274 g/mol. The molecule has 0 aliphatic carbocycles. The molecule has 2 aromatic carbocycles. The van der Waals surface area contributed by atoms with Crippen LogP contribution in [0.4, 0.5) is 15.8 Å². The summed E-state index contributed by atoms with van der Waals surface area (Å²) in [7, 11) is 0. The number of nitrogens with zero attached hydrogens (tertiary/aromatic N) is 1. The number of benzene rings is 2. The number of nitro benzene ring substituents is 1. The lowest BCUT2D eigenvalue weighted by Gasteiger charge is -2.10. The van der Waals surface area contributed by atoms with Crippen LogP contribution < -0.4 is 5.32 Å². The van der Waals surface area contributed by atoms with E-state index in [1.54, 1.807) is 0 Å². The highest BCUT2D eigenvalue weighted by molar-refractivity contribution is 5.61. The minimum Gasteiger partial charge on any atom is -0.375 e. The Labute approximate surface area is 116 Å². The molecule has 0 heterocycles. The molecule has 0 amide bonds. The van der Waals surface area contributed by atoms with E-state index in [1.807, 2.05) is 24.3 Å². The lowest BCUT2D eigenvalue weighted by Crippen LogP contribution is -2.05. The van der Waals surface area contributed by atoms with Crippen molar-refractivity contribution in [1.82, 2.24) is 0 Å². The first-order valence-corrected chi connectivity index (χ1v) is 6.36. The van der Waals surface area contributed by atoms with E-state index in [9.17, 15) is 14.5 Å². The summed E-state index contributed by atoms with van der Waals surface area (Å²) in [5, 5.41) is 13.9. The minimum absolute atomic E-state index is 0.251. The molecule has 0 saturated carbocycles. The lowest BCUT2D eigenvalue weighted by molar-refractivity contribution is -0.384. The van der Waals surface area contributed by atoms with E-state index in [1.165, 1.54) is 17.7 Å². The van der Waals surface area contributed by atoms with Gasteiger partial charge in [-0.2, -0.15) is 0 Å². The van der Waals surface area contributed by atoms with Gasteiger partial charge in [0.25, 0.3) is 5.69 Å². The third kappa shape index (κ3) is 3.12. The van der Waals surface area contributed by atoms with Crippen molar-refractivity contribution in [3.8, 4) is 0 Å². The van der Waals surface area contributed by atoms with Gasteiger partial charge in [-0.25, -0.2) is 4.39 Å². The first-order chi connectivity index (χ1) is 9.61. The van der Waals surface area contributed by atoms with Crippen LogP contribution in [0.5, 0.6) is 0 Å². The standard InChI is InChI=1S/C15H15FN2O2/c1-2-11-5-3-4-6-12(11)10-17-14-8-7-13(16)9-15(14)18(19)20/h3-9,17H,2,10H2,1H3. The molecule has 0 aliphatic rings. The van der Waals surface area contributed by atoms with E-state index in [0.29, 0.717) is 12.2 Å². The second-order valence-corrected chi connectivity index (χ2v) is 4.39. The van der Waals surface area contributed by atoms with Gasteiger partial charge in [0, 0.05) is 6.54 Å². The normalized spacial score (nSPS) is 10.3. The van der Waals surface area contributed by atoms with Crippen LogP contribution in [0, 0.1) is 15.9 Å². The summed E-state index contributed by atoms with van der Waals surface area (Å²) in [6.45, 7) is 2.52. The van der Waals surface area contributed by atoms with E-state index in [-0.39, 0.29) is 5.69 Å². The van der Waals surface area contributed by atoms with Crippen molar-refractivity contribution in [2.75, 3.05) is 5.32 Å². The molecule has 4 nitrogen and oxygen atoms in total. The van der Waals surface area contributed by atoms with Gasteiger partial charge in [0.2, 0.25) is 0 Å². The maximum atomic E-state index is 13.1. The van der Waals surface area contributed by atoms with E-state index >= 15 is 0 Å². The molecule has 0 radical (unpaired) electrons. The van der Waals surface area contributed by atoms with Crippen molar-refractivity contribution in [3.63, 3.8) is 0 Å². The molecule has 0 unspecified atom stereocenters. The average Bonchev–Trinajstić information content (AvgIpc) is 2.46. The molecule has 2 aromatic rings. The molecule has 20 heavy (non-hydrogen) atoms. The zero-order valence-electron chi connectivity index (χ0n) is 11.1. The quantitative estimate of drug-likeness (QED) is 0.664. The summed E-state index contributed by atoms with van der Waals surface area (Å²) in [6, 6.07) is 11.4. The zero-order chi connectivity index (χ0) is 14.5. The predicted octanol–water partition coefficient (Wildman–Crippen LogP) is 3.91. The van der Waals surface area contributed by atoms with Gasteiger partial charge in [-0.1, -0.05) is 31.2 Å². The molecular formula is C15H15FN2O2. The van der Waals surface area contributed by atoms with Gasteiger partial charge in [-0.3, -0.25) is 10.1 Å². The molecule has 5 heteroatoms. The minimum atomic E-state index is -0.615. The van der Waals surface area contributed by atoms with Crippen LogP contribution in [0.3, 0.4) is 0 Å². The van der Waals surface area contributed by atoms with Crippen LogP contribution in [0.25, 0.3) is 0 Å². The second-order valence-electron chi connectivity index (χ2n) is 4.39. The van der Waals surface area contributed by atoms with Crippen molar-refractivity contribution < 1.29 is 9.31 Å². The Kier molecular flexibility index (Phi) is 4.30. The lowest BCUT2D eigenvalue weighted by atomic mass is 10.1. The van der Waals surface area contributed by atoms with Gasteiger partial charge in [-0.15, -0.1) is 0 Å². The zero-order valence-corrected chi connectivity index (χ0v) is 11.1. The van der Waals surface area contributed by atoms with E-state index in [2.05, 4.69) is 12.2 Å². The maximum absolute atomic E-state index is 13.1. The Bertz CT molecular complexity index is 629. The first kappa shape index (κ1) is 14.0. The molecule has 2 rings (SSSR count). The van der Waals surface area contributed by atoms with Gasteiger partial charge in [0.1, 0.15) is 11.5 Å². The van der Waals surface area contributed by atoms with Crippen LogP contribution >= 0.6 is 0 Å². The highest BCUT2D eigenvalue weighted by Gasteiger charge is 2.14. The number of halogens is 1. The predicted molar refractivity (Wildman–Crippen MR) is 76.2 cm³/mol. The summed E-state index contributed by atoms with van der Waals surface area (Å²) in [5.41, 5.74) is 2.33. The fourth-order valence-corrected chi connectivity index (χ4v) is 2.07. The number of hydrogen-bond donors (Lipinski definition) is 1. The van der Waals surface area contributed by atoms with Crippen LogP contribution in [0.1, 0.15) is 18.1 Å². The van der Waals surface area contributed by atoms with Crippen molar-refractivity contribution >= 4 is 11.4 Å². The molecule has 0 bridgehead atoms. The van der Waals surface area contributed by atoms with Crippen LogP contribution in [-0.4, -0.2) is 4.92 Å². The molecule has 0 aromatic heterocycles. The van der Waals surface area contributed by atoms with Gasteiger partial charge in [-0.05, 0) is 29.7 Å². The maximum Gasteiger partial charge on any atom is 0.295 e. The number of rotatable bonds is 5. The Morgan fingerprint density at radius 2 is 1.90 bits per heavy atom. The van der Waals surface area contributed by atoms with Crippen molar-refractivity contribution in [2.45, 2.75) is 19.9 Å². The SMILES string of the molecule is CCc1ccccc1CNc1ccc(F)cc1[N+](=O)[O-]. The number of nitro groups is 1. The smallest absolute Gasteiger partial charge is 0.295 e. The Morgan fingerprint density at radius 1 is 1.20 bits per heavy atom. The number of aryl methyl sites for hydroxylation is 1. The Morgan fingerprint density at radius 3 is 2.55 bits per heavy atom. The van der Waals surface area contributed by atoms with Crippen molar-refractivity contribution in [1.29, 1.82) is 0 Å². The highest BCUT2D eigenvalue weighted by Crippen LogP contribution is 2.25. The van der Waals surface area contributed by atoms with Crippen molar-refractivity contribution in [2.24, 2.45) is 0 Å². The topological polar surface area (TPSA) is 55.2 Å². The fraction of sp³-hybridized carbons (Fsp3) is 0.200. The number of anilines is 1. The summed E-state index contributed by atoms with van der Waals surface area (Å²) >= 11 is 0. The fourth-order valence-electron chi connectivity index (χ4n) is 2.07. The largest absolute Gasteiger partial charge is 0.375 e. The molecule has 1 N–H and O–H groups in total. The molecular weight excluding hydrogens is 259 g/mol. The molecule has 104 valence electrons. The van der Waals surface area contributed by atoms with Gasteiger partial charge < -0.3 is 5.32 Å². The molecule has 0 aliphatic heterocycles. The number of hydrogen-bond acceptors (Lipinski definition) is 3. The van der Waals surface area contributed by atoms with Gasteiger partial charge in [0.15, 0.2) is 0 Å². The van der Waals surface area contributed by atoms with Crippen LogP contribution in [-0.2, 0) is 13.0 Å². The van der Waals surface area contributed by atoms with Crippen molar-refractivity contribution in [3.05, 3.63) is 69.5 Å². The highest BCUT2D eigenvalue weighted by atomic mass is 19.1. The average molecular weight is 274 g/mol. The third-order valence-electron chi connectivity index (χ3n) is 3.13. The first-order valence-electron chi connectivity index (χ1n) is 6.36. The summed E-state index contributed by atoms with van der Waals surface area (Å²) in [4.78, 5) is 10.3. The molecule has 0 saturated heterocycles. The van der Waals surface area contributed by atoms with E-state index in [0.717, 1.165) is 18.1 Å². The third-order valence-corrected chi connectivity index (χ3v) is 3.13. The second kappa shape index (κ2) is 6.14. The Balaban J connectivity index is 2.21. The number of nitrogens with one attached hydrogen (secondary N) is 1.